The van der Waals surface area contributed by atoms with Gasteiger partial charge in [0.2, 0.25) is 0 Å². The van der Waals surface area contributed by atoms with E-state index in [1.807, 2.05) is 6.92 Å². The molecule has 3 rings (SSSR count). The zero-order valence-electron chi connectivity index (χ0n) is 15.0. The van der Waals surface area contributed by atoms with Crippen molar-refractivity contribution >= 4 is 5.91 Å². The highest BCUT2D eigenvalue weighted by Crippen LogP contribution is 2.32. The van der Waals surface area contributed by atoms with E-state index in [1.165, 1.54) is 18.3 Å². The number of benzene rings is 1. The molecular formula is C19H24FN3O3. The molecule has 7 heteroatoms. The van der Waals surface area contributed by atoms with Gasteiger partial charge < -0.3 is 14.7 Å². The molecule has 0 saturated carbocycles. The number of methoxy groups -OCH3 is 1. The molecule has 0 bridgehead atoms. The summed E-state index contributed by atoms with van der Waals surface area (Å²) in [6.07, 6.45) is 2.52. The number of rotatable bonds is 5. The Morgan fingerprint density at radius 1 is 1.54 bits per heavy atom. The number of hydrogen-bond acceptors (Lipinski definition) is 4. The lowest BCUT2D eigenvalue weighted by molar-refractivity contribution is -0.0750. The van der Waals surface area contributed by atoms with E-state index in [4.69, 9.17) is 4.74 Å². The summed E-state index contributed by atoms with van der Waals surface area (Å²) in [7, 11) is 1.61. The molecule has 2 N–H and O–H groups in total. The predicted octanol–water partition coefficient (Wildman–Crippen LogP) is 2.47. The van der Waals surface area contributed by atoms with Crippen molar-refractivity contribution < 1.29 is 19.0 Å². The number of H-pyrrole nitrogens is 1. The number of halogens is 1. The minimum Gasteiger partial charge on any atom is -0.389 e. The van der Waals surface area contributed by atoms with Gasteiger partial charge in [0.25, 0.3) is 5.91 Å². The van der Waals surface area contributed by atoms with Crippen LogP contribution in [0.4, 0.5) is 4.39 Å². The van der Waals surface area contributed by atoms with Crippen LogP contribution < -0.4 is 0 Å². The van der Waals surface area contributed by atoms with Gasteiger partial charge in [0.1, 0.15) is 5.82 Å². The fourth-order valence-corrected chi connectivity index (χ4v) is 3.48. The van der Waals surface area contributed by atoms with Crippen molar-refractivity contribution in [2.24, 2.45) is 5.92 Å². The first-order valence-corrected chi connectivity index (χ1v) is 8.74. The van der Waals surface area contributed by atoms with Crippen molar-refractivity contribution in [3.63, 3.8) is 0 Å². The summed E-state index contributed by atoms with van der Waals surface area (Å²) in [5.74, 6) is -0.608. The van der Waals surface area contributed by atoms with E-state index in [0.717, 1.165) is 0 Å². The fraction of sp³-hybridized carbons (Fsp3) is 0.474. The molecule has 1 saturated heterocycles. The van der Waals surface area contributed by atoms with Gasteiger partial charge in [-0.05, 0) is 25.0 Å². The first-order valence-electron chi connectivity index (χ1n) is 8.74. The third kappa shape index (κ3) is 3.64. The molecule has 2 atom stereocenters. The van der Waals surface area contributed by atoms with E-state index in [9.17, 15) is 14.3 Å². The number of amides is 1. The zero-order valence-corrected chi connectivity index (χ0v) is 15.0. The van der Waals surface area contributed by atoms with Gasteiger partial charge in [0.05, 0.1) is 23.1 Å². The van der Waals surface area contributed by atoms with Crippen LogP contribution >= 0.6 is 0 Å². The van der Waals surface area contributed by atoms with Crippen molar-refractivity contribution in [1.82, 2.24) is 15.1 Å². The van der Waals surface area contributed by atoms with E-state index in [-0.39, 0.29) is 17.6 Å². The number of piperidine rings is 1. The minimum atomic E-state index is -0.825. The van der Waals surface area contributed by atoms with Gasteiger partial charge in [0, 0.05) is 38.3 Å². The second-order valence-corrected chi connectivity index (χ2v) is 6.92. The summed E-state index contributed by atoms with van der Waals surface area (Å²) in [4.78, 5) is 14.7. The Bertz CT molecular complexity index is 779. The van der Waals surface area contributed by atoms with Crippen molar-refractivity contribution in [2.75, 3.05) is 26.8 Å². The Labute approximate surface area is 152 Å². The highest BCUT2D eigenvalue weighted by Gasteiger charge is 2.40. The third-order valence-corrected chi connectivity index (χ3v) is 5.24. The van der Waals surface area contributed by atoms with Crippen LogP contribution in [-0.4, -0.2) is 58.5 Å². The SMILES string of the molecule is COCC[C@]1(O)CCN(C(=O)c2cn[nH]c2-c2cccc(F)c2)C[C@H]1C. The van der Waals surface area contributed by atoms with E-state index >= 15 is 0 Å². The van der Waals surface area contributed by atoms with Gasteiger partial charge in [-0.3, -0.25) is 9.89 Å². The number of nitrogens with zero attached hydrogens (tertiary/aromatic N) is 2. The number of ether oxygens (including phenoxy) is 1. The molecule has 6 nitrogen and oxygen atoms in total. The molecule has 1 amide bonds. The van der Waals surface area contributed by atoms with E-state index < -0.39 is 5.60 Å². The first kappa shape index (κ1) is 18.5. The van der Waals surface area contributed by atoms with Gasteiger partial charge in [0.15, 0.2) is 0 Å². The lowest BCUT2D eigenvalue weighted by Crippen LogP contribution is -2.52. The number of aromatic amines is 1. The summed E-state index contributed by atoms with van der Waals surface area (Å²) in [6, 6.07) is 6.05. The highest BCUT2D eigenvalue weighted by atomic mass is 19.1. The molecule has 1 aromatic heterocycles. The molecule has 0 aliphatic carbocycles. The standard InChI is InChI=1S/C19H24FN3O3/c1-13-12-23(8-6-19(13,25)7-9-26-2)18(24)16-11-21-22-17(16)14-4-3-5-15(20)10-14/h3-5,10-11,13,25H,6-9,12H2,1-2H3,(H,21,22)/t13-,19-/m1/s1. The van der Waals surface area contributed by atoms with Crippen LogP contribution in [0.3, 0.4) is 0 Å². The number of carbonyl (C=O) groups excluding carboxylic acids is 1. The Hall–Kier alpha value is -2.25. The largest absolute Gasteiger partial charge is 0.389 e. The molecule has 1 aliphatic heterocycles. The smallest absolute Gasteiger partial charge is 0.257 e. The van der Waals surface area contributed by atoms with Crippen molar-refractivity contribution in [1.29, 1.82) is 0 Å². The molecule has 1 aliphatic rings. The lowest BCUT2D eigenvalue weighted by Gasteiger charge is -2.43. The van der Waals surface area contributed by atoms with Crippen LogP contribution in [0, 0.1) is 11.7 Å². The second kappa shape index (κ2) is 7.55. The number of hydrogen-bond donors (Lipinski definition) is 2. The Morgan fingerprint density at radius 2 is 2.35 bits per heavy atom. The lowest BCUT2D eigenvalue weighted by atomic mass is 9.79. The summed E-state index contributed by atoms with van der Waals surface area (Å²) < 4.78 is 18.6. The van der Waals surface area contributed by atoms with Gasteiger partial charge in [-0.2, -0.15) is 5.10 Å². The summed E-state index contributed by atoms with van der Waals surface area (Å²) in [5.41, 5.74) is 0.661. The van der Waals surface area contributed by atoms with Crippen LogP contribution in [0.1, 0.15) is 30.1 Å². The molecule has 0 unspecified atom stereocenters. The third-order valence-electron chi connectivity index (χ3n) is 5.24. The van der Waals surface area contributed by atoms with Gasteiger partial charge in [-0.15, -0.1) is 0 Å². The van der Waals surface area contributed by atoms with E-state index in [0.29, 0.717) is 49.4 Å². The number of likely N-dealkylation sites (tertiary alicyclic amines) is 1. The Morgan fingerprint density at radius 3 is 3.04 bits per heavy atom. The van der Waals surface area contributed by atoms with Crippen LogP contribution in [-0.2, 0) is 4.74 Å². The van der Waals surface area contributed by atoms with Gasteiger partial charge >= 0.3 is 0 Å². The molecule has 1 aromatic carbocycles. The predicted molar refractivity (Wildman–Crippen MR) is 95.1 cm³/mol. The summed E-state index contributed by atoms with van der Waals surface area (Å²) in [6.45, 7) is 3.34. The summed E-state index contributed by atoms with van der Waals surface area (Å²) >= 11 is 0. The maximum absolute atomic E-state index is 13.5. The van der Waals surface area contributed by atoms with Crippen LogP contribution in [0.25, 0.3) is 11.3 Å². The number of carbonyl (C=O) groups is 1. The maximum Gasteiger partial charge on any atom is 0.257 e. The molecule has 2 heterocycles. The van der Waals surface area contributed by atoms with E-state index in [2.05, 4.69) is 10.2 Å². The zero-order chi connectivity index (χ0) is 18.7. The van der Waals surface area contributed by atoms with Gasteiger partial charge in [-0.1, -0.05) is 19.1 Å². The van der Waals surface area contributed by atoms with Crippen molar-refractivity contribution in [3.8, 4) is 11.3 Å². The molecular weight excluding hydrogens is 337 g/mol. The first-order chi connectivity index (χ1) is 12.4. The average molecular weight is 361 g/mol. The van der Waals surface area contributed by atoms with Crippen molar-refractivity contribution in [3.05, 3.63) is 41.8 Å². The van der Waals surface area contributed by atoms with Crippen LogP contribution in [0.2, 0.25) is 0 Å². The normalized spacial score (nSPS) is 23.2. The molecule has 140 valence electrons. The molecule has 26 heavy (non-hydrogen) atoms. The van der Waals surface area contributed by atoms with Crippen LogP contribution in [0.15, 0.2) is 30.5 Å². The van der Waals surface area contributed by atoms with Crippen molar-refractivity contribution in [2.45, 2.75) is 25.4 Å². The van der Waals surface area contributed by atoms with Crippen LogP contribution in [0.5, 0.6) is 0 Å². The van der Waals surface area contributed by atoms with E-state index in [1.54, 1.807) is 24.1 Å². The number of aliphatic hydroxyl groups is 1. The fourth-order valence-electron chi connectivity index (χ4n) is 3.48. The Kier molecular flexibility index (Phi) is 5.38. The topological polar surface area (TPSA) is 78.5 Å². The highest BCUT2D eigenvalue weighted by molar-refractivity contribution is 5.99. The molecule has 2 aromatic rings. The molecule has 0 radical (unpaired) electrons. The number of aromatic nitrogens is 2. The summed E-state index contributed by atoms with van der Waals surface area (Å²) in [5, 5.41) is 17.6. The minimum absolute atomic E-state index is 0.0696. The maximum atomic E-state index is 13.5. The van der Waals surface area contributed by atoms with Gasteiger partial charge in [-0.25, -0.2) is 4.39 Å². The average Bonchev–Trinajstić information content (AvgIpc) is 3.12. The Balaban J connectivity index is 1.77. The quantitative estimate of drug-likeness (QED) is 0.858. The molecule has 0 spiro atoms. The molecule has 1 fully saturated rings. The monoisotopic (exact) mass is 361 g/mol. The number of nitrogens with one attached hydrogen (secondary N) is 1. The second-order valence-electron chi connectivity index (χ2n) is 6.92.